The minimum atomic E-state index is -1.10. The number of rotatable bonds is 4. The van der Waals surface area contributed by atoms with Crippen molar-refractivity contribution in [1.29, 1.82) is 0 Å². The highest BCUT2D eigenvalue weighted by Crippen LogP contribution is 2.27. The standard InChI is InChI=1S/C16H14ClNO4/c1-9-4-3-5-11(14(9)22-2)15(19)18-13-8-10(16(20)21)6-7-12(13)17/h3-8H,1-2H3,(H,18,19)(H,20,21). The lowest BCUT2D eigenvalue weighted by molar-refractivity contribution is 0.0696. The van der Waals surface area contributed by atoms with Gasteiger partial charge in [-0.15, -0.1) is 0 Å². The maximum atomic E-state index is 12.4. The van der Waals surface area contributed by atoms with E-state index < -0.39 is 11.9 Å². The van der Waals surface area contributed by atoms with Gasteiger partial charge >= 0.3 is 5.97 Å². The molecule has 2 aromatic carbocycles. The monoisotopic (exact) mass is 319 g/mol. The lowest BCUT2D eigenvalue weighted by Crippen LogP contribution is -2.14. The lowest BCUT2D eigenvalue weighted by Gasteiger charge is -2.12. The summed E-state index contributed by atoms with van der Waals surface area (Å²) in [7, 11) is 1.48. The molecule has 22 heavy (non-hydrogen) atoms. The molecule has 0 fully saturated rings. The minimum Gasteiger partial charge on any atom is -0.496 e. The van der Waals surface area contributed by atoms with Crippen molar-refractivity contribution in [1.82, 2.24) is 0 Å². The van der Waals surface area contributed by atoms with E-state index in [1.807, 2.05) is 13.0 Å². The minimum absolute atomic E-state index is 0.0379. The number of carboxylic acids is 1. The number of benzene rings is 2. The number of amides is 1. The molecular formula is C16H14ClNO4. The van der Waals surface area contributed by atoms with Crippen molar-refractivity contribution in [3.05, 3.63) is 58.1 Å². The molecule has 0 heterocycles. The highest BCUT2D eigenvalue weighted by Gasteiger charge is 2.16. The van der Waals surface area contributed by atoms with Gasteiger partial charge in [0.25, 0.3) is 5.91 Å². The first-order chi connectivity index (χ1) is 10.4. The summed E-state index contributed by atoms with van der Waals surface area (Å²) >= 11 is 6.00. The van der Waals surface area contributed by atoms with Crippen LogP contribution in [0.25, 0.3) is 0 Å². The number of aromatic carboxylic acids is 1. The number of carbonyl (C=O) groups excluding carboxylic acids is 1. The van der Waals surface area contributed by atoms with Gasteiger partial charge in [-0.05, 0) is 36.8 Å². The van der Waals surface area contributed by atoms with Crippen LogP contribution in [0.15, 0.2) is 36.4 Å². The highest BCUT2D eigenvalue weighted by atomic mass is 35.5. The van der Waals surface area contributed by atoms with E-state index in [0.717, 1.165) is 5.56 Å². The van der Waals surface area contributed by atoms with Crippen molar-refractivity contribution in [2.24, 2.45) is 0 Å². The Kier molecular flexibility index (Phi) is 4.68. The largest absolute Gasteiger partial charge is 0.496 e. The molecule has 0 saturated heterocycles. The van der Waals surface area contributed by atoms with Crippen molar-refractivity contribution in [2.75, 3.05) is 12.4 Å². The quantitative estimate of drug-likeness (QED) is 0.902. The Hall–Kier alpha value is -2.53. The molecule has 0 radical (unpaired) electrons. The first-order valence-corrected chi connectivity index (χ1v) is 6.79. The topological polar surface area (TPSA) is 75.6 Å². The summed E-state index contributed by atoms with van der Waals surface area (Å²) in [4.78, 5) is 23.4. The summed E-state index contributed by atoms with van der Waals surface area (Å²) in [5, 5.41) is 11.9. The third-order valence-electron chi connectivity index (χ3n) is 3.12. The van der Waals surface area contributed by atoms with Crippen LogP contribution in [0.1, 0.15) is 26.3 Å². The number of carbonyl (C=O) groups is 2. The van der Waals surface area contributed by atoms with Crippen LogP contribution in [0.3, 0.4) is 0 Å². The second-order valence-electron chi connectivity index (χ2n) is 4.61. The molecule has 2 N–H and O–H groups in total. The Morgan fingerprint density at radius 3 is 2.59 bits per heavy atom. The number of carboxylic acid groups (broad SMARTS) is 1. The molecule has 6 heteroatoms. The van der Waals surface area contributed by atoms with E-state index in [2.05, 4.69) is 5.32 Å². The van der Waals surface area contributed by atoms with E-state index in [1.54, 1.807) is 12.1 Å². The number of para-hydroxylation sites is 1. The summed E-state index contributed by atoms with van der Waals surface area (Å²) < 4.78 is 5.24. The van der Waals surface area contributed by atoms with Gasteiger partial charge in [-0.2, -0.15) is 0 Å². The van der Waals surface area contributed by atoms with Gasteiger partial charge in [0, 0.05) is 0 Å². The molecule has 5 nitrogen and oxygen atoms in total. The Morgan fingerprint density at radius 2 is 1.95 bits per heavy atom. The Morgan fingerprint density at radius 1 is 1.23 bits per heavy atom. The molecule has 0 aliphatic heterocycles. The van der Waals surface area contributed by atoms with E-state index in [-0.39, 0.29) is 16.3 Å². The molecule has 0 spiro atoms. The zero-order valence-electron chi connectivity index (χ0n) is 12.0. The van der Waals surface area contributed by atoms with Gasteiger partial charge in [-0.1, -0.05) is 23.7 Å². The summed E-state index contributed by atoms with van der Waals surface area (Å²) in [5.41, 5.74) is 1.44. The maximum Gasteiger partial charge on any atom is 0.335 e. The normalized spacial score (nSPS) is 10.1. The van der Waals surface area contributed by atoms with Crippen LogP contribution in [-0.4, -0.2) is 24.1 Å². The summed E-state index contributed by atoms with van der Waals surface area (Å²) in [5.74, 6) is -1.06. The van der Waals surface area contributed by atoms with Gasteiger partial charge in [0.2, 0.25) is 0 Å². The number of hydrogen-bond acceptors (Lipinski definition) is 3. The Labute approximate surface area is 132 Å². The number of halogens is 1. The third-order valence-corrected chi connectivity index (χ3v) is 3.45. The Bertz CT molecular complexity index is 743. The number of methoxy groups -OCH3 is 1. The molecule has 0 aromatic heterocycles. The van der Waals surface area contributed by atoms with E-state index in [0.29, 0.717) is 11.3 Å². The fourth-order valence-electron chi connectivity index (χ4n) is 2.05. The molecular weight excluding hydrogens is 306 g/mol. The van der Waals surface area contributed by atoms with Crippen LogP contribution >= 0.6 is 11.6 Å². The molecule has 0 unspecified atom stereocenters. The zero-order chi connectivity index (χ0) is 16.3. The second-order valence-corrected chi connectivity index (χ2v) is 5.02. The molecule has 0 aliphatic carbocycles. The molecule has 2 rings (SSSR count). The smallest absolute Gasteiger partial charge is 0.335 e. The molecule has 0 aliphatic rings. The summed E-state index contributed by atoms with van der Waals surface area (Å²) in [6.45, 7) is 1.83. The molecule has 0 saturated carbocycles. The molecule has 0 atom stereocenters. The van der Waals surface area contributed by atoms with Crippen molar-refractivity contribution >= 4 is 29.2 Å². The summed E-state index contributed by atoms with van der Waals surface area (Å²) in [6.07, 6.45) is 0. The second kappa shape index (κ2) is 6.49. The van der Waals surface area contributed by atoms with Gasteiger partial charge in [0.1, 0.15) is 5.75 Å². The molecule has 0 bridgehead atoms. The van der Waals surface area contributed by atoms with E-state index in [9.17, 15) is 9.59 Å². The van der Waals surface area contributed by atoms with E-state index in [4.69, 9.17) is 21.4 Å². The fourth-order valence-corrected chi connectivity index (χ4v) is 2.21. The van der Waals surface area contributed by atoms with Crippen LogP contribution in [0.5, 0.6) is 5.75 Å². The summed E-state index contributed by atoms with van der Waals surface area (Å²) in [6, 6.07) is 9.29. The average molecular weight is 320 g/mol. The number of hydrogen-bond donors (Lipinski definition) is 2. The van der Waals surface area contributed by atoms with Crippen molar-refractivity contribution < 1.29 is 19.4 Å². The zero-order valence-corrected chi connectivity index (χ0v) is 12.8. The van der Waals surface area contributed by atoms with Crippen molar-refractivity contribution in [3.8, 4) is 5.75 Å². The van der Waals surface area contributed by atoms with Crippen LogP contribution in [0.4, 0.5) is 5.69 Å². The average Bonchev–Trinajstić information content (AvgIpc) is 2.48. The fraction of sp³-hybridized carbons (Fsp3) is 0.125. The predicted molar refractivity (Wildman–Crippen MR) is 84.1 cm³/mol. The SMILES string of the molecule is COc1c(C)cccc1C(=O)Nc1cc(C(=O)O)ccc1Cl. The van der Waals surface area contributed by atoms with Crippen LogP contribution in [0.2, 0.25) is 5.02 Å². The number of anilines is 1. The lowest BCUT2D eigenvalue weighted by atomic mass is 10.1. The van der Waals surface area contributed by atoms with Gasteiger partial charge in [-0.25, -0.2) is 4.79 Å². The van der Waals surface area contributed by atoms with Crippen LogP contribution < -0.4 is 10.1 Å². The number of aryl methyl sites for hydroxylation is 1. The van der Waals surface area contributed by atoms with Crippen LogP contribution in [0, 0.1) is 6.92 Å². The number of nitrogens with one attached hydrogen (secondary N) is 1. The molecule has 114 valence electrons. The molecule has 2 aromatic rings. The first-order valence-electron chi connectivity index (χ1n) is 6.42. The van der Waals surface area contributed by atoms with Gasteiger partial charge in [0.15, 0.2) is 0 Å². The first kappa shape index (κ1) is 15.9. The Balaban J connectivity index is 2.35. The highest BCUT2D eigenvalue weighted by molar-refractivity contribution is 6.34. The van der Waals surface area contributed by atoms with Gasteiger partial charge < -0.3 is 15.2 Å². The van der Waals surface area contributed by atoms with Crippen molar-refractivity contribution in [2.45, 2.75) is 6.92 Å². The van der Waals surface area contributed by atoms with Crippen molar-refractivity contribution in [3.63, 3.8) is 0 Å². The van der Waals surface area contributed by atoms with Gasteiger partial charge in [0.05, 0.1) is 28.9 Å². The van der Waals surface area contributed by atoms with Crippen LogP contribution in [-0.2, 0) is 0 Å². The van der Waals surface area contributed by atoms with E-state index >= 15 is 0 Å². The molecule has 1 amide bonds. The predicted octanol–water partition coefficient (Wildman–Crippen LogP) is 3.61. The maximum absolute atomic E-state index is 12.4. The van der Waals surface area contributed by atoms with E-state index in [1.165, 1.54) is 25.3 Å². The van der Waals surface area contributed by atoms with Gasteiger partial charge in [-0.3, -0.25) is 4.79 Å². The third kappa shape index (κ3) is 3.20. The number of ether oxygens (including phenoxy) is 1.